The topological polar surface area (TPSA) is 32.7 Å². The summed E-state index contributed by atoms with van der Waals surface area (Å²) in [7, 11) is 0. The smallest absolute Gasteiger partial charge is 0.132 e. The number of nitrogens with zero attached hydrogens (tertiary/aromatic N) is 1. The fraction of sp³-hybridized carbons (Fsp3) is 0.529. The van der Waals surface area contributed by atoms with Crippen LogP contribution in [0.2, 0.25) is 5.02 Å². The number of halogens is 1. The standard InChI is InChI=1S/C17H22ClNO2/c1-12(20)5-7-16-17(19-9-3-2-4-10-19)14-11-13(18)6-8-15(14)21-16/h6-8,11-12,17,20H,2-5,9-10H2,1H3/b16-7-. The van der Waals surface area contributed by atoms with Crippen molar-refractivity contribution in [2.24, 2.45) is 0 Å². The van der Waals surface area contributed by atoms with Crippen LogP contribution in [0.1, 0.15) is 44.2 Å². The number of piperidine rings is 1. The van der Waals surface area contributed by atoms with Gasteiger partial charge < -0.3 is 9.84 Å². The van der Waals surface area contributed by atoms with E-state index in [-0.39, 0.29) is 12.1 Å². The summed E-state index contributed by atoms with van der Waals surface area (Å²) in [5.74, 6) is 1.84. The van der Waals surface area contributed by atoms with Crippen LogP contribution in [0, 0.1) is 0 Å². The molecule has 1 aromatic rings. The van der Waals surface area contributed by atoms with Crippen molar-refractivity contribution in [2.45, 2.75) is 44.8 Å². The van der Waals surface area contributed by atoms with Crippen LogP contribution in [0.4, 0.5) is 0 Å². The first-order valence-electron chi connectivity index (χ1n) is 7.74. The molecule has 2 unspecified atom stereocenters. The quantitative estimate of drug-likeness (QED) is 0.919. The van der Waals surface area contributed by atoms with Crippen molar-refractivity contribution in [3.8, 4) is 5.75 Å². The number of aliphatic hydroxyl groups is 1. The van der Waals surface area contributed by atoms with Gasteiger partial charge in [-0.15, -0.1) is 0 Å². The van der Waals surface area contributed by atoms with Gasteiger partial charge in [0.15, 0.2) is 0 Å². The Morgan fingerprint density at radius 2 is 2.14 bits per heavy atom. The lowest BCUT2D eigenvalue weighted by Gasteiger charge is -2.32. The van der Waals surface area contributed by atoms with E-state index in [1.54, 1.807) is 6.92 Å². The predicted octanol–water partition coefficient (Wildman–Crippen LogP) is 3.91. The van der Waals surface area contributed by atoms with Crippen molar-refractivity contribution in [3.05, 3.63) is 40.6 Å². The molecule has 0 saturated carbocycles. The minimum Gasteiger partial charge on any atom is -0.460 e. The van der Waals surface area contributed by atoms with Gasteiger partial charge in [0, 0.05) is 10.6 Å². The molecule has 2 heterocycles. The minimum atomic E-state index is -0.351. The van der Waals surface area contributed by atoms with E-state index in [4.69, 9.17) is 16.3 Å². The SMILES string of the molecule is CC(O)C/C=C1\Oc2ccc(Cl)cc2C1N1CCCCC1. The third kappa shape index (κ3) is 3.25. The van der Waals surface area contributed by atoms with E-state index in [0.717, 1.165) is 35.2 Å². The Hall–Kier alpha value is -1.03. The van der Waals surface area contributed by atoms with Gasteiger partial charge in [-0.25, -0.2) is 0 Å². The molecule has 0 aliphatic carbocycles. The monoisotopic (exact) mass is 307 g/mol. The number of hydrogen-bond acceptors (Lipinski definition) is 3. The zero-order chi connectivity index (χ0) is 14.8. The van der Waals surface area contributed by atoms with Crippen molar-refractivity contribution < 1.29 is 9.84 Å². The fourth-order valence-electron chi connectivity index (χ4n) is 3.16. The average Bonchev–Trinajstić information content (AvgIpc) is 2.83. The largest absolute Gasteiger partial charge is 0.460 e. The number of aliphatic hydroxyl groups excluding tert-OH is 1. The number of ether oxygens (including phenoxy) is 1. The molecule has 3 nitrogen and oxygen atoms in total. The van der Waals surface area contributed by atoms with E-state index in [1.165, 1.54) is 19.3 Å². The van der Waals surface area contributed by atoms with E-state index < -0.39 is 0 Å². The van der Waals surface area contributed by atoms with Gasteiger partial charge in [-0.3, -0.25) is 4.90 Å². The van der Waals surface area contributed by atoms with Gasteiger partial charge in [0.2, 0.25) is 0 Å². The molecule has 114 valence electrons. The van der Waals surface area contributed by atoms with Crippen molar-refractivity contribution in [1.29, 1.82) is 0 Å². The predicted molar refractivity (Wildman–Crippen MR) is 84.6 cm³/mol. The molecule has 1 saturated heterocycles. The molecule has 21 heavy (non-hydrogen) atoms. The minimum absolute atomic E-state index is 0.151. The zero-order valence-corrected chi connectivity index (χ0v) is 13.1. The second-order valence-corrected chi connectivity index (χ2v) is 6.41. The van der Waals surface area contributed by atoms with Gasteiger partial charge in [-0.2, -0.15) is 0 Å². The van der Waals surface area contributed by atoms with Crippen LogP contribution in [0.15, 0.2) is 30.0 Å². The van der Waals surface area contributed by atoms with E-state index in [1.807, 2.05) is 24.3 Å². The first kappa shape index (κ1) is 14.9. The van der Waals surface area contributed by atoms with Gasteiger partial charge >= 0.3 is 0 Å². The van der Waals surface area contributed by atoms with Crippen molar-refractivity contribution in [2.75, 3.05) is 13.1 Å². The lowest BCUT2D eigenvalue weighted by atomic mass is 10.0. The first-order chi connectivity index (χ1) is 10.1. The summed E-state index contributed by atoms with van der Waals surface area (Å²) in [6, 6.07) is 5.97. The van der Waals surface area contributed by atoms with Gasteiger partial charge in [0.1, 0.15) is 11.5 Å². The van der Waals surface area contributed by atoms with Crippen molar-refractivity contribution in [3.63, 3.8) is 0 Å². The maximum absolute atomic E-state index is 9.54. The fourth-order valence-corrected chi connectivity index (χ4v) is 3.34. The molecular formula is C17H22ClNO2. The Morgan fingerprint density at radius 1 is 1.38 bits per heavy atom. The summed E-state index contributed by atoms with van der Waals surface area (Å²) in [6.45, 7) is 3.98. The molecule has 0 aromatic heterocycles. The van der Waals surface area contributed by atoms with Crippen LogP contribution in [0.25, 0.3) is 0 Å². The second kappa shape index (κ2) is 6.39. The van der Waals surface area contributed by atoms with Gasteiger partial charge in [-0.05, 0) is 63.6 Å². The summed E-state index contributed by atoms with van der Waals surface area (Å²) in [5, 5.41) is 10.3. The lowest BCUT2D eigenvalue weighted by Crippen LogP contribution is -2.33. The Bertz CT molecular complexity index is 536. The summed E-state index contributed by atoms with van der Waals surface area (Å²) in [6.07, 6.45) is 6.06. The number of rotatable bonds is 3. The number of fused-ring (bicyclic) bond motifs is 1. The van der Waals surface area contributed by atoms with E-state index in [0.29, 0.717) is 6.42 Å². The maximum atomic E-state index is 9.54. The van der Waals surface area contributed by atoms with Crippen LogP contribution in [0.3, 0.4) is 0 Å². The Morgan fingerprint density at radius 3 is 2.86 bits per heavy atom. The first-order valence-corrected chi connectivity index (χ1v) is 8.12. The summed E-state index contributed by atoms with van der Waals surface area (Å²) < 4.78 is 6.03. The number of benzene rings is 1. The van der Waals surface area contributed by atoms with Gasteiger partial charge in [-0.1, -0.05) is 18.0 Å². The van der Waals surface area contributed by atoms with Gasteiger partial charge in [0.25, 0.3) is 0 Å². The van der Waals surface area contributed by atoms with Crippen LogP contribution >= 0.6 is 11.6 Å². The Kier molecular flexibility index (Phi) is 4.53. The molecule has 2 aliphatic rings. The van der Waals surface area contributed by atoms with E-state index >= 15 is 0 Å². The van der Waals surface area contributed by atoms with Crippen molar-refractivity contribution in [1.82, 2.24) is 4.90 Å². The van der Waals surface area contributed by atoms with E-state index in [2.05, 4.69) is 4.90 Å². The highest BCUT2D eigenvalue weighted by atomic mass is 35.5. The van der Waals surface area contributed by atoms with Crippen LogP contribution < -0.4 is 4.74 Å². The molecule has 0 spiro atoms. The number of hydrogen-bond donors (Lipinski definition) is 1. The highest BCUT2D eigenvalue weighted by Gasteiger charge is 2.35. The highest BCUT2D eigenvalue weighted by Crippen LogP contribution is 2.44. The Labute approximate surface area is 131 Å². The highest BCUT2D eigenvalue weighted by molar-refractivity contribution is 6.30. The molecule has 1 aromatic carbocycles. The molecule has 1 N–H and O–H groups in total. The summed E-state index contributed by atoms with van der Waals surface area (Å²) >= 11 is 6.17. The molecule has 2 aliphatic heterocycles. The summed E-state index contributed by atoms with van der Waals surface area (Å²) in [4.78, 5) is 2.47. The molecular weight excluding hydrogens is 286 g/mol. The molecule has 2 atom stereocenters. The number of likely N-dealkylation sites (tertiary alicyclic amines) is 1. The maximum Gasteiger partial charge on any atom is 0.132 e. The molecule has 0 radical (unpaired) electrons. The molecule has 1 fully saturated rings. The van der Waals surface area contributed by atoms with Gasteiger partial charge in [0.05, 0.1) is 12.1 Å². The molecule has 0 amide bonds. The Balaban J connectivity index is 1.92. The molecule has 0 bridgehead atoms. The lowest BCUT2D eigenvalue weighted by molar-refractivity contribution is 0.167. The van der Waals surface area contributed by atoms with Crippen LogP contribution in [-0.4, -0.2) is 29.2 Å². The average molecular weight is 308 g/mol. The van der Waals surface area contributed by atoms with Crippen LogP contribution in [-0.2, 0) is 0 Å². The van der Waals surface area contributed by atoms with Crippen molar-refractivity contribution >= 4 is 11.6 Å². The van der Waals surface area contributed by atoms with E-state index in [9.17, 15) is 5.11 Å². The normalized spacial score (nSPS) is 25.7. The molecule has 4 heteroatoms. The third-order valence-electron chi connectivity index (χ3n) is 4.18. The second-order valence-electron chi connectivity index (χ2n) is 5.97. The third-order valence-corrected chi connectivity index (χ3v) is 4.41. The zero-order valence-electron chi connectivity index (χ0n) is 12.4. The molecule has 3 rings (SSSR count). The summed E-state index contributed by atoms with van der Waals surface area (Å²) in [5.41, 5.74) is 1.15. The van der Waals surface area contributed by atoms with Crippen LogP contribution in [0.5, 0.6) is 5.75 Å².